The average molecular weight is 339 g/mol. The highest BCUT2D eigenvalue weighted by molar-refractivity contribution is 7.53. The number of carbonyl (C=O) groups is 1. The smallest absolute Gasteiger partial charge is 0.381 e. The fourth-order valence-electron chi connectivity index (χ4n) is 1.85. The largest absolute Gasteiger partial charge is 0.489 e. The fourth-order valence-corrected chi connectivity index (χ4v) is 3.33. The van der Waals surface area contributed by atoms with Gasteiger partial charge in [0, 0.05) is 0 Å². The Kier molecular flexibility index (Phi) is 8.25. The highest BCUT2D eigenvalue weighted by atomic mass is 31.1. The van der Waals surface area contributed by atoms with E-state index in [1.54, 1.807) is 13.0 Å². The molecule has 0 heterocycles. The molecule has 4 nitrogen and oxygen atoms in total. The lowest BCUT2D eigenvalue weighted by atomic mass is 10.2. The van der Waals surface area contributed by atoms with E-state index in [0.29, 0.717) is 36.1 Å². The van der Waals surface area contributed by atoms with E-state index in [2.05, 4.69) is 13.8 Å². The monoisotopic (exact) mass is 339 g/mol. The van der Waals surface area contributed by atoms with Gasteiger partial charge < -0.3 is 9.47 Å². The van der Waals surface area contributed by atoms with Crippen LogP contribution in [0.2, 0.25) is 0 Å². The maximum atomic E-state index is 12.6. The van der Waals surface area contributed by atoms with E-state index in [1.165, 1.54) is 0 Å². The number of hydrogen-bond donors (Lipinski definition) is 0. The third kappa shape index (κ3) is 7.13. The first kappa shape index (κ1) is 19.6. The van der Waals surface area contributed by atoms with E-state index in [-0.39, 0.29) is 12.1 Å². The molecule has 0 fully saturated rings. The number of carbonyl (C=O) groups excluding carboxylic acids is 1. The minimum absolute atomic E-state index is 0.272. The lowest BCUT2D eigenvalue weighted by Gasteiger charge is -2.10. The zero-order chi connectivity index (χ0) is 17.4. The van der Waals surface area contributed by atoms with E-state index in [0.717, 1.165) is 0 Å². The minimum atomic E-state index is -1.70. The van der Waals surface area contributed by atoms with Gasteiger partial charge in [0.15, 0.2) is 11.9 Å². The summed E-state index contributed by atoms with van der Waals surface area (Å²) in [5.41, 5.74) is 0. The molecule has 0 aliphatic heterocycles. The molecule has 0 saturated carbocycles. The van der Waals surface area contributed by atoms with Crippen molar-refractivity contribution in [3.8, 4) is 5.75 Å². The zero-order valence-electron chi connectivity index (χ0n) is 14.7. The number of hydrogen-bond acceptors (Lipinski definition) is 4. The minimum Gasteiger partial charge on any atom is -0.489 e. The lowest BCUT2D eigenvalue weighted by molar-refractivity contribution is -0.148. The van der Waals surface area contributed by atoms with Crippen molar-refractivity contribution in [2.24, 2.45) is 17.8 Å². The lowest BCUT2D eigenvalue weighted by Crippen LogP contribution is -2.20. The number of ether oxygens (including phenoxy) is 2. The first-order valence-electron chi connectivity index (χ1n) is 8.14. The van der Waals surface area contributed by atoms with Crippen LogP contribution in [0, 0.1) is 17.8 Å². The molecule has 0 saturated heterocycles. The van der Waals surface area contributed by atoms with Gasteiger partial charge >= 0.3 is 13.8 Å². The standard InChI is InChI=1S/C18H28O4P/c1-13(2)10-21-16-8-6-7-9-17(16)23(20)12-15(5)18(19)22-11-14(3)4/h6-9,13-15H,10-12H2,1-5H3/q+1. The first-order valence-corrected chi connectivity index (χ1v) is 9.58. The Bertz CT molecular complexity index is 526. The van der Waals surface area contributed by atoms with E-state index in [1.807, 2.05) is 32.0 Å². The number of esters is 1. The Hall–Kier alpha value is -1.41. The summed E-state index contributed by atoms with van der Waals surface area (Å²) in [6.07, 6.45) is 0.272. The molecular formula is C18H28O4P+. The molecule has 0 aromatic heterocycles. The average Bonchev–Trinajstić information content (AvgIpc) is 2.50. The summed E-state index contributed by atoms with van der Waals surface area (Å²) in [4.78, 5) is 11.9. The van der Waals surface area contributed by atoms with Crippen LogP contribution in [0.4, 0.5) is 0 Å². The SMILES string of the molecule is CC(C)COC(=O)C(C)C[P+](=O)c1ccccc1OCC(C)C. The Morgan fingerprint density at radius 2 is 1.65 bits per heavy atom. The van der Waals surface area contributed by atoms with Crippen molar-refractivity contribution in [2.45, 2.75) is 34.6 Å². The van der Waals surface area contributed by atoms with Crippen molar-refractivity contribution < 1.29 is 18.8 Å². The van der Waals surface area contributed by atoms with Gasteiger partial charge in [-0.15, -0.1) is 0 Å². The van der Waals surface area contributed by atoms with Gasteiger partial charge in [0.2, 0.25) is 5.30 Å². The summed E-state index contributed by atoms with van der Waals surface area (Å²) in [6, 6.07) is 7.34. The van der Waals surface area contributed by atoms with E-state index in [9.17, 15) is 9.36 Å². The summed E-state index contributed by atoms with van der Waals surface area (Å²) in [7, 11) is -1.70. The summed E-state index contributed by atoms with van der Waals surface area (Å²) in [5.74, 6) is 0.652. The van der Waals surface area contributed by atoms with Gasteiger partial charge in [-0.2, -0.15) is 0 Å². The van der Waals surface area contributed by atoms with E-state index >= 15 is 0 Å². The van der Waals surface area contributed by atoms with Gasteiger partial charge in [-0.25, -0.2) is 0 Å². The maximum absolute atomic E-state index is 12.6. The van der Waals surface area contributed by atoms with Crippen molar-refractivity contribution in [3.05, 3.63) is 24.3 Å². The summed E-state index contributed by atoms with van der Waals surface area (Å²) in [6.45, 7) is 10.8. The van der Waals surface area contributed by atoms with Crippen molar-refractivity contribution >= 4 is 19.1 Å². The molecule has 1 aromatic carbocycles. The second-order valence-electron chi connectivity index (χ2n) is 6.66. The number of benzene rings is 1. The van der Waals surface area contributed by atoms with Crippen LogP contribution in [0.1, 0.15) is 34.6 Å². The molecule has 0 radical (unpaired) electrons. The van der Waals surface area contributed by atoms with Crippen molar-refractivity contribution in [1.82, 2.24) is 0 Å². The fraction of sp³-hybridized carbons (Fsp3) is 0.611. The molecule has 128 valence electrons. The molecule has 0 spiro atoms. The van der Waals surface area contributed by atoms with Crippen LogP contribution in [0.3, 0.4) is 0 Å². The first-order chi connectivity index (χ1) is 10.8. The highest BCUT2D eigenvalue weighted by Gasteiger charge is 2.31. The van der Waals surface area contributed by atoms with Crippen LogP contribution in [0.15, 0.2) is 24.3 Å². The Morgan fingerprint density at radius 1 is 1.04 bits per heavy atom. The molecule has 0 aliphatic carbocycles. The Labute approximate surface area is 140 Å². The molecule has 1 aromatic rings. The quantitative estimate of drug-likeness (QED) is 0.504. The van der Waals surface area contributed by atoms with Crippen LogP contribution in [-0.2, 0) is 14.1 Å². The van der Waals surface area contributed by atoms with Crippen LogP contribution in [-0.4, -0.2) is 25.3 Å². The van der Waals surface area contributed by atoms with Crippen molar-refractivity contribution in [1.29, 1.82) is 0 Å². The van der Waals surface area contributed by atoms with Gasteiger partial charge in [0.25, 0.3) is 0 Å². The molecule has 2 unspecified atom stereocenters. The van der Waals surface area contributed by atoms with Crippen LogP contribution < -0.4 is 10.0 Å². The van der Waals surface area contributed by atoms with Gasteiger partial charge in [0.05, 0.1) is 19.1 Å². The normalized spacial score (nSPS) is 13.1. The number of rotatable bonds is 9. The van der Waals surface area contributed by atoms with Crippen molar-refractivity contribution in [3.63, 3.8) is 0 Å². The third-order valence-electron chi connectivity index (χ3n) is 3.11. The van der Waals surface area contributed by atoms with Crippen LogP contribution in [0.5, 0.6) is 5.75 Å². The summed E-state index contributed by atoms with van der Waals surface area (Å²) < 4.78 is 23.6. The topological polar surface area (TPSA) is 52.6 Å². The summed E-state index contributed by atoms with van der Waals surface area (Å²) in [5, 5.41) is 0.673. The molecule has 0 amide bonds. The molecule has 23 heavy (non-hydrogen) atoms. The van der Waals surface area contributed by atoms with Gasteiger partial charge in [-0.05, 0) is 30.9 Å². The predicted octanol–water partition coefficient (Wildman–Crippen LogP) is 4.01. The molecule has 1 rings (SSSR count). The molecular weight excluding hydrogens is 311 g/mol. The molecule has 0 aliphatic rings. The van der Waals surface area contributed by atoms with E-state index < -0.39 is 13.7 Å². The molecule has 0 bridgehead atoms. The number of para-hydroxylation sites is 1. The second-order valence-corrected chi connectivity index (χ2v) is 8.26. The van der Waals surface area contributed by atoms with Crippen molar-refractivity contribution in [2.75, 3.05) is 19.4 Å². The molecule has 5 heteroatoms. The van der Waals surface area contributed by atoms with Crippen LogP contribution >= 0.6 is 7.80 Å². The maximum Gasteiger partial charge on any atom is 0.381 e. The van der Waals surface area contributed by atoms with Crippen LogP contribution in [0.25, 0.3) is 0 Å². The molecule has 2 atom stereocenters. The zero-order valence-corrected chi connectivity index (χ0v) is 15.6. The summed E-state index contributed by atoms with van der Waals surface area (Å²) >= 11 is 0. The molecule has 0 N–H and O–H groups in total. The predicted molar refractivity (Wildman–Crippen MR) is 93.8 cm³/mol. The highest BCUT2D eigenvalue weighted by Crippen LogP contribution is 2.29. The third-order valence-corrected chi connectivity index (χ3v) is 4.89. The Morgan fingerprint density at radius 3 is 2.26 bits per heavy atom. The second kappa shape index (κ2) is 9.67. The Balaban J connectivity index is 2.68. The van der Waals surface area contributed by atoms with Gasteiger partial charge in [0.1, 0.15) is 0 Å². The van der Waals surface area contributed by atoms with E-state index in [4.69, 9.17) is 9.47 Å². The van der Waals surface area contributed by atoms with Gasteiger partial charge in [-0.3, -0.25) is 4.79 Å². The van der Waals surface area contributed by atoms with Gasteiger partial charge in [-0.1, -0.05) is 44.4 Å².